The largest absolute Gasteiger partial charge is 0.366 e. The van der Waals surface area contributed by atoms with E-state index in [2.05, 4.69) is 28.3 Å². The summed E-state index contributed by atoms with van der Waals surface area (Å²) in [7, 11) is 2.05. The minimum Gasteiger partial charge on any atom is -0.366 e. The monoisotopic (exact) mass is 151 g/mol. The SMILES string of the molecule is Cc1cc2c(cn1)N(C)CN2.[HH]. The molecule has 11 heavy (non-hydrogen) atoms. The quantitative estimate of drug-likeness (QED) is 0.608. The van der Waals surface area contributed by atoms with Gasteiger partial charge in [0.2, 0.25) is 0 Å². The first kappa shape index (κ1) is 6.46. The van der Waals surface area contributed by atoms with Crippen molar-refractivity contribution in [1.29, 1.82) is 0 Å². The van der Waals surface area contributed by atoms with Gasteiger partial charge in [-0.15, -0.1) is 0 Å². The molecular formula is C8H13N3. The first-order valence-corrected chi connectivity index (χ1v) is 3.69. The summed E-state index contributed by atoms with van der Waals surface area (Å²) in [5.74, 6) is 0. The fourth-order valence-corrected chi connectivity index (χ4v) is 1.29. The van der Waals surface area contributed by atoms with Crippen molar-refractivity contribution in [1.82, 2.24) is 4.98 Å². The van der Waals surface area contributed by atoms with Crippen molar-refractivity contribution in [3.05, 3.63) is 18.0 Å². The van der Waals surface area contributed by atoms with Crippen molar-refractivity contribution < 1.29 is 1.43 Å². The maximum atomic E-state index is 4.22. The van der Waals surface area contributed by atoms with Gasteiger partial charge in [0.25, 0.3) is 0 Å². The van der Waals surface area contributed by atoms with Crippen LogP contribution >= 0.6 is 0 Å². The number of fused-ring (bicyclic) bond motifs is 1. The van der Waals surface area contributed by atoms with E-state index in [-0.39, 0.29) is 1.43 Å². The van der Waals surface area contributed by atoms with E-state index in [4.69, 9.17) is 0 Å². The highest BCUT2D eigenvalue weighted by Gasteiger charge is 2.14. The molecule has 0 atom stereocenters. The van der Waals surface area contributed by atoms with Crippen molar-refractivity contribution in [2.75, 3.05) is 23.9 Å². The van der Waals surface area contributed by atoms with Gasteiger partial charge in [0, 0.05) is 14.2 Å². The number of pyridine rings is 1. The zero-order valence-corrected chi connectivity index (χ0v) is 6.76. The summed E-state index contributed by atoms with van der Waals surface area (Å²) in [5, 5.41) is 3.28. The lowest BCUT2D eigenvalue weighted by Gasteiger charge is -2.08. The van der Waals surface area contributed by atoms with Gasteiger partial charge in [-0.3, -0.25) is 4.98 Å². The minimum atomic E-state index is 0. The summed E-state index contributed by atoms with van der Waals surface area (Å²) in [4.78, 5) is 6.36. The van der Waals surface area contributed by atoms with Crippen molar-refractivity contribution in [2.24, 2.45) is 0 Å². The standard InChI is InChI=1S/C8H11N3.H2/c1-6-3-7-8(4-9-6)11(2)5-10-7;/h3-4,10H,5H2,1-2H3;1H. The Labute approximate surface area is 67.5 Å². The van der Waals surface area contributed by atoms with Crippen molar-refractivity contribution in [2.45, 2.75) is 6.92 Å². The second kappa shape index (κ2) is 2.12. The molecule has 1 N–H and O–H groups in total. The van der Waals surface area contributed by atoms with Gasteiger partial charge in [-0.2, -0.15) is 0 Å². The molecular weight excluding hydrogens is 138 g/mol. The molecule has 0 bridgehead atoms. The molecule has 0 saturated heterocycles. The number of nitrogens with zero attached hydrogens (tertiary/aromatic N) is 2. The van der Waals surface area contributed by atoms with Crippen LogP contribution in [0.2, 0.25) is 0 Å². The number of hydrogen-bond acceptors (Lipinski definition) is 3. The maximum absolute atomic E-state index is 4.22. The van der Waals surface area contributed by atoms with E-state index in [1.807, 2.05) is 13.1 Å². The molecule has 1 aromatic rings. The minimum absolute atomic E-state index is 0. The lowest BCUT2D eigenvalue weighted by atomic mass is 10.3. The molecule has 0 aromatic carbocycles. The van der Waals surface area contributed by atoms with E-state index in [1.54, 1.807) is 0 Å². The highest BCUT2D eigenvalue weighted by atomic mass is 15.3. The van der Waals surface area contributed by atoms with Crippen molar-refractivity contribution >= 4 is 11.4 Å². The maximum Gasteiger partial charge on any atom is 0.0875 e. The Morgan fingerprint density at radius 1 is 1.73 bits per heavy atom. The van der Waals surface area contributed by atoms with E-state index in [0.717, 1.165) is 12.4 Å². The third-order valence-electron chi connectivity index (χ3n) is 1.94. The van der Waals surface area contributed by atoms with Crippen LogP contribution in [0.1, 0.15) is 7.12 Å². The molecule has 3 nitrogen and oxygen atoms in total. The van der Waals surface area contributed by atoms with Gasteiger partial charge >= 0.3 is 0 Å². The number of aromatic nitrogens is 1. The fourth-order valence-electron chi connectivity index (χ4n) is 1.29. The van der Waals surface area contributed by atoms with Crippen LogP contribution in [0, 0.1) is 6.92 Å². The van der Waals surface area contributed by atoms with Crippen LogP contribution in [0.5, 0.6) is 0 Å². The number of anilines is 2. The topological polar surface area (TPSA) is 28.2 Å². The second-order valence-electron chi connectivity index (χ2n) is 2.88. The van der Waals surface area contributed by atoms with Crippen molar-refractivity contribution in [3.8, 4) is 0 Å². The van der Waals surface area contributed by atoms with Crippen LogP contribution in [-0.4, -0.2) is 18.7 Å². The van der Waals surface area contributed by atoms with Gasteiger partial charge in [0.05, 0.1) is 24.2 Å². The van der Waals surface area contributed by atoms with Gasteiger partial charge in [-0.1, -0.05) is 0 Å². The first-order chi connectivity index (χ1) is 5.27. The molecule has 0 radical (unpaired) electrons. The lowest BCUT2D eigenvalue weighted by molar-refractivity contribution is 1.03. The summed E-state index contributed by atoms with van der Waals surface area (Å²) in [6.45, 7) is 2.89. The van der Waals surface area contributed by atoms with Crippen LogP contribution in [0.4, 0.5) is 11.4 Å². The zero-order chi connectivity index (χ0) is 7.84. The lowest BCUT2D eigenvalue weighted by Crippen LogP contribution is -2.15. The third-order valence-corrected chi connectivity index (χ3v) is 1.94. The molecule has 1 aliphatic heterocycles. The zero-order valence-electron chi connectivity index (χ0n) is 6.76. The van der Waals surface area contributed by atoms with Crippen LogP contribution < -0.4 is 10.2 Å². The number of nitrogens with one attached hydrogen (secondary N) is 1. The number of hydrogen-bond donors (Lipinski definition) is 1. The Bertz CT molecular complexity index is 288. The Morgan fingerprint density at radius 3 is 3.36 bits per heavy atom. The molecule has 0 unspecified atom stereocenters. The highest BCUT2D eigenvalue weighted by molar-refractivity contribution is 5.73. The number of rotatable bonds is 0. The third kappa shape index (κ3) is 0.926. The van der Waals surface area contributed by atoms with Crippen LogP contribution in [0.3, 0.4) is 0 Å². The Balaban J connectivity index is 0.000000720. The average molecular weight is 151 g/mol. The summed E-state index contributed by atoms with van der Waals surface area (Å²) < 4.78 is 0. The summed E-state index contributed by atoms with van der Waals surface area (Å²) in [6.07, 6.45) is 1.91. The molecule has 2 rings (SSSR count). The van der Waals surface area contributed by atoms with Gasteiger partial charge in [-0.25, -0.2) is 0 Å². The van der Waals surface area contributed by atoms with E-state index in [9.17, 15) is 0 Å². The second-order valence-corrected chi connectivity index (χ2v) is 2.88. The molecule has 1 aliphatic rings. The summed E-state index contributed by atoms with van der Waals surface area (Å²) in [6, 6.07) is 2.07. The average Bonchev–Trinajstić information content (AvgIpc) is 2.32. The van der Waals surface area contributed by atoms with Crippen LogP contribution in [-0.2, 0) is 0 Å². The van der Waals surface area contributed by atoms with E-state index in [0.29, 0.717) is 0 Å². The molecule has 1 aromatic heterocycles. The molecule has 60 valence electrons. The van der Waals surface area contributed by atoms with Crippen molar-refractivity contribution in [3.63, 3.8) is 0 Å². The van der Waals surface area contributed by atoms with E-state index >= 15 is 0 Å². The Kier molecular flexibility index (Phi) is 1.24. The molecule has 0 aliphatic carbocycles. The van der Waals surface area contributed by atoms with Gasteiger partial charge < -0.3 is 10.2 Å². The number of aryl methyl sites for hydroxylation is 1. The van der Waals surface area contributed by atoms with Crippen LogP contribution in [0.25, 0.3) is 0 Å². The predicted octanol–water partition coefficient (Wildman–Crippen LogP) is 1.46. The highest BCUT2D eigenvalue weighted by Crippen LogP contribution is 2.28. The Hall–Kier alpha value is -1.25. The first-order valence-electron chi connectivity index (χ1n) is 3.69. The van der Waals surface area contributed by atoms with Crippen LogP contribution in [0.15, 0.2) is 12.3 Å². The summed E-state index contributed by atoms with van der Waals surface area (Å²) in [5.41, 5.74) is 3.45. The summed E-state index contributed by atoms with van der Waals surface area (Å²) >= 11 is 0. The molecule has 0 fully saturated rings. The molecule has 3 heteroatoms. The van der Waals surface area contributed by atoms with E-state index in [1.165, 1.54) is 11.4 Å². The predicted molar refractivity (Wildman–Crippen MR) is 48.0 cm³/mol. The molecule has 0 saturated carbocycles. The normalized spacial score (nSPS) is 14.5. The fraction of sp³-hybridized carbons (Fsp3) is 0.375. The molecule has 0 amide bonds. The van der Waals surface area contributed by atoms with Gasteiger partial charge in [-0.05, 0) is 13.0 Å². The molecule has 2 heterocycles. The van der Waals surface area contributed by atoms with Gasteiger partial charge in [0.15, 0.2) is 0 Å². The van der Waals surface area contributed by atoms with E-state index < -0.39 is 0 Å². The smallest absolute Gasteiger partial charge is 0.0875 e. The molecule has 0 spiro atoms. The van der Waals surface area contributed by atoms with Gasteiger partial charge in [0.1, 0.15) is 0 Å². The Morgan fingerprint density at radius 2 is 2.55 bits per heavy atom.